The minimum Gasteiger partial charge on any atom is -0.300 e. The number of allylic oxidation sites excluding steroid dienone is 1. The van der Waals surface area contributed by atoms with E-state index in [1.807, 2.05) is 11.0 Å². The van der Waals surface area contributed by atoms with E-state index < -0.39 is 17.6 Å². The van der Waals surface area contributed by atoms with Crippen LogP contribution < -0.4 is 5.32 Å². The number of piperidine rings is 1. The molecule has 2 aliphatic heterocycles. The number of rotatable bonds is 4. The Kier molecular flexibility index (Phi) is 6.65. The van der Waals surface area contributed by atoms with Crippen molar-refractivity contribution < 1.29 is 22.4 Å². The van der Waals surface area contributed by atoms with Gasteiger partial charge in [-0.2, -0.15) is 13.2 Å². The van der Waals surface area contributed by atoms with E-state index in [4.69, 9.17) is 6.42 Å². The van der Waals surface area contributed by atoms with E-state index in [1.165, 1.54) is 0 Å². The number of thioether (sulfide) groups is 1. The molecule has 0 bridgehead atoms. The number of hydrogen-bond acceptors (Lipinski definition) is 4. The van der Waals surface area contributed by atoms with Gasteiger partial charge in [0.2, 0.25) is 0 Å². The van der Waals surface area contributed by atoms with Crippen molar-refractivity contribution in [1.29, 1.82) is 0 Å². The molecular formula is C20H19F4N3OS. The molecule has 0 spiro atoms. The van der Waals surface area contributed by atoms with Crippen LogP contribution in [0.5, 0.6) is 0 Å². The van der Waals surface area contributed by atoms with Crippen LogP contribution in [0.2, 0.25) is 0 Å². The van der Waals surface area contributed by atoms with E-state index in [9.17, 15) is 22.4 Å². The molecule has 0 aromatic heterocycles. The molecule has 9 heteroatoms. The number of carbonyl (C=O) groups excluding carboxylic acids is 1. The molecular weight excluding hydrogens is 406 g/mol. The molecule has 1 amide bonds. The predicted octanol–water partition coefficient (Wildman–Crippen LogP) is 4.43. The van der Waals surface area contributed by atoms with Crippen molar-refractivity contribution in [2.24, 2.45) is 10.9 Å². The van der Waals surface area contributed by atoms with Crippen LogP contribution >= 0.6 is 11.8 Å². The second kappa shape index (κ2) is 9.01. The average molecular weight is 425 g/mol. The van der Waals surface area contributed by atoms with Crippen LogP contribution in [0, 0.1) is 24.1 Å². The quantitative estimate of drug-likeness (QED) is 0.574. The Balaban J connectivity index is 1.65. The first-order valence-electron chi connectivity index (χ1n) is 9.04. The van der Waals surface area contributed by atoms with E-state index >= 15 is 0 Å². The van der Waals surface area contributed by atoms with Crippen LogP contribution in [-0.2, 0) is 12.7 Å². The van der Waals surface area contributed by atoms with Gasteiger partial charge in [0.1, 0.15) is 18.2 Å². The third kappa shape index (κ3) is 5.40. The fourth-order valence-electron chi connectivity index (χ4n) is 3.39. The van der Waals surface area contributed by atoms with Gasteiger partial charge in [-0.3, -0.25) is 14.7 Å². The molecule has 1 aromatic carbocycles. The molecule has 29 heavy (non-hydrogen) atoms. The number of hydrogen-bond donors (Lipinski definition) is 1. The number of nitrogens with zero attached hydrogens (tertiary/aromatic N) is 2. The summed E-state index contributed by atoms with van der Waals surface area (Å²) in [6, 6.07) is 3.04. The summed E-state index contributed by atoms with van der Waals surface area (Å²) < 4.78 is 53.6. The number of likely N-dealkylation sites (tertiary alicyclic amines) is 1. The SMILES string of the molecule is C#CCN=C1NC(=O)S/C1=C\C1CCN(Cc2c(F)cccc2C(F)(F)F)CC1. The lowest BCUT2D eigenvalue weighted by Crippen LogP contribution is -2.34. The summed E-state index contributed by atoms with van der Waals surface area (Å²) in [6.07, 6.45) is 3.95. The van der Waals surface area contributed by atoms with Gasteiger partial charge in [-0.15, -0.1) is 6.42 Å². The Hall–Kier alpha value is -2.31. The largest absolute Gasteiger partial charge is 0.416 e. The van der Waals surface area contributed by atoms with Crippen molar-refractivity contribution >= 4 is 22.8 Å². The third-order valence-corrected chi connectivity index (χ3v) is 5.65. The zero-order chi connectivity index (χ0) is 21.0. The molecule has 0 saturated carbocycles. The molecule has 3 rings (SSSR count). The van der Waals surface area contributed by atoms with E-state index in [2.05, 4.69) is 16.2 Å². The molecule has 0 unspecified atom stereocenters. The number of nitrogens with one attached hydrogen (secondary N) is 1. The normalized spacial score (nSPS) is 21.6. The van der Waals surface area contributed by atoms with Crippen LogP contribution in [0.4, 0.5) is 22.4 Å². The van der Waals surface area contributed by atoms with E-state index in [-0.39, 0.29) is 29.8 Å². The average Bonchev–Trinajstić information content (AvgIpc) is 3.01. The Morgan fingerprint density at radius 1 is 1.34 bits per heavy atom. The summed E-state index contributed by atoms with van der Waals surface area (Å²) in [5.41, 5.74) is -1.25. The van der Waals surface area contributed by atoms with Crippen molar-refractivity contribution in [3.63, 3.8) is 0 Å². The monoisotopic (exact) mass is 425 g/mol. The van der Waals surface area contributed by atoms with Gasteiger partial charge in [-0.25, -0.2) is 4.39 Å². The maximum Gasteiger partial charge on any atom is 0.416 e. The summed E-state index contributed by atoms with van der Waals surface area (Å²) in [5, 5.41) is 2.43. The van der Waals surface area contributed by atoms with Gasteiger partial charge in [-0.05, 0) is 55.7 Å². The van der Waals surface area contributed by atoms with Crippen LogP contribution in [0.15, 0.2) is 34.2 Å². The van der Waals surface area contributed by atoms with Gasteiger partial charge in [-0.1, -0.05) is 18.1 Å². The summed E-state index contributed by atoms with van der Waals surface area (Å²) in [5.74, 6) is 2.16. The number of alkyl halides is 3. The van der Waals surface area contributed by atoms with Crippen LogP contribution in [-0.4, -0.2) is 35.6 Å². The van der Waals surface area contributed by atoms with Crippen molar-refractivity contribution in [2.75, 3.05) is 19.6 Å². The molecule has 1 N–H and O–H groups in total. The topological polar surface area (TPSA) is 44.7 Å². The van der Waals surface area contributed by atoms with E-state index in [1.54, 1.807) is 0 Å². The lowest BCUT2D eigenvalue weighted by Gasteiger charge is -2.31. The number of amides is 1. The van der Waals surface area contributed by atoms with Crippen molar-refractivity contribution in [3.8, 4) is 12.3 Å². The molecule has 154 valence electrons. The van der Waals surface area contributed by atoms with Crippen molar-refractivity contribution in [1.82, 2.24) is 10.2 Å². The van der Waals surface area contributed by atoms with Gasteiger partial charge in [0.05, 0.1) is 10.5 Å². The smallest absolute Gasteiger partial charge is 0.300 e. The Labute approximate surface area is 170 Å². The molecule has 0 aliphatic carbocycles. The highest BCUT2D eigenvalue weighted by atomic mass is 32.2. The summed E-state index contributed by atoms with van der Waals surface area (Å²) in [7, 11) is 0. The fraction of sp³-hybridized carbons (Fsp3) is 0.400. The van der Waals surface area contributed by atoms with Gasteiger partial charge >= 0.3 is 6.18 Å². The zero-order valence-electron chi connectivity index (χ0n) is 15.4. The molecule has 2 fully saturated rings. The Morgan fingerprint density at radius 2 is 2.07 bits per heavy atom. The van der Waals surface area contributed by atoms with Crippen LogP contribution in [0.1, 0.15) is 24.0 Å². The summed E-state index contributed by atoms with van der Waals surface area (Å²) in [6.45, 7) is 1.14. The number of halogens is 4. The first kappa shape index (κ1) is 21.4. The highest BCUT2D eigenvalue weighted by Crippen LogP contribution is 2.35. The highest BCUT2D eigenvalue weighted by Gasteiger charge is 2.35. The number of aliphatic imine (C=N–C) groups is 1. The van der Waals surface area contributed by atoms with Crippen molar-refractivity contribution in [2.45, 2.75) is 25.6 Å². The number of amidine groups is 1. The first-order valence-corrected chi connectivity index (χ1v) is 9.85. The molecule has 2 saturated heterocycles. The lowest BCUT2D eigenvalue weighted by molar-refractivity contribution is -0.138. The fourth-order valence-corrected chi connectivity index (χ4v) is 4.21. The summed E-state index contributed by atoms with van der Waals surface area (Å²) >= 11 is 1.05. The van der Waals surface area contributed by atoms with Gasteiger partial charge in [0, 0.05) is 12.1 Å². The number of terminal acetylenes is 1. The second-order valence-electron chi connectivity index (χ2n) is 6.79. The van der Waals surface area contributed by atoms with Gasteiger partial charge in [0.25, 0.3) is 5.24 Å². The zero-order valence-corrected chi connectivity index (χ0v) is 16.2. The van der Waals surface area contributed by atoms with Crippen molar-refractivity contribution in [3.05, 3.63) is 46.1 Å². The highest BCUT2D eigenvalue weighted by molar-refractivity contribution is 8.18. The summed E-state index contributed by atoms with van der Waals surface area (Å²) in [4.78, 5) is 18.3. The van der Waals surface area contributed by atoms with Gasteiger partial charge in [0.15, 0.2) is 0 Å². The molecule has 2 heterocycles. The maximum absolute atomic E-state index is 14.1. The lowest BCUT2D eigenvalue weighted by atomic mass is 9.95. The molecule has 0 atom stereocenters. The maximum atomic E-state index is 14.1. The van der Waals surface area contributed by atoms with E-state index in [0.29, 0.717) is 31.8 Å². The molecule has 0 radical (unpaired) electrons. The minimum atomic E-state index is -4.59. The standard InChI is InChI=1S/C20H19F4N3OS/c1-2-8-25-18-17(29-19(28)26-18)11-13-6-9-27(10-7-13)12-14-15(20(22,23)24)4-3-5-16(14)21/h1,3-5,11,13H,6-10,12H2,(H,25,26,28)/b17-11-. The minimum absolute atomic E-state index is 0.0888. The third-order valence-electron chi connectivity index (χ3n) is 4.81. The molecule has 1 aromatic rings. The van der Waals surface area contributed by atoms with Crippen LogP contribution in [0.3, 0.4) is 0 Å². The van der Waals surface area contributed by atoms with E-state index in [0.717, 1.165) is 34.9 Å². The van der Waals surface area contributed by atoms with Crippen LogP contribution in [0.25, 0.3) is 0 Å². The number of carbonyl (C=O) groups is 1. The number of benzene rings is 1. The Morgan fingerprint density at radius 3 is 2.72 bits per heavy atom. The Bertz CT molecular complexity index is 881. The molecule has 4 nitrogen and oxygen atoms in total. The predicted molar refractivity (Wildman–Crippen MR) is 105 cm³/mol. The molecule has 2 aliphatic rings. The first-order chi connectivity index (χ1) is 13.8. The van der Waals surface area contributed by atoms with Gasteiger partial charge < -0.3 is 5.32 Å². The second-order valence-corrected chi connectivity index (χ2v) is 7.81.